The van der Waals surface area contributed by atoms with Crippen LogP contribution >= 0.6 is 0 Å². The Morgan fingerprint density at radius 1 is 1.28 bits per heavy atom. The maximum Gasteiger partial charge on any atom is 0.416 e. The van der Waals surface area contributed by atoms with Gasteiger partial charge in [-0.05, 0) is 31.5 Å². The van der Waals surface area contributed by atoms with Gasteiger partial charge in [-0.15, -0.1) is 0 Å². The summed E-state index contributed by atoms with van der Waals surface area (Å²) in [6.45, 7) is 3.54. The molecular weight excluding hydrogens is 247 g/mol. The Hall–Kier alpha value is -1.72. The van der Waals surface area contributed by atoms with Crippen LogP contribution in [0.5, 0.6) is 0 Å². The molecule has 6 heteroatoms. The molecule has 18 heavy (non-hydrogen) atoms. The second-order valence-electron chi connectivity index (χ2n) is 4.00. The molecule has 0 atom stereocenters. The number of alkyl carbamates (subject to hydrolysis) is 1. The molecule has 0 saturated heterocycles. The van der Waals surface area contributed by atoms with E-state index in [1.165, 1.54) is 12.1 Å². The van der Waals surface area contributed by atoms with Crippen LogP contribution in [0.25, 0.3) is 0 Å². The van der Waals surface area contributed by atoms with Crippen molar-refractivity contribution in [2.75, 3.05) is 0 Å². The number of rotatable bonds is 3. The normalized spacial score (nSPS) is 11.4. The molecule has 0 aromatic heterocycles. The quantitative estimate of drug-likeness (QED) is 0.906. The highest BCUT2D eigenvalue weighted by Crippen LogP contribution is 2.28. The SMILES string of the molecule is CC(C)OC(=O)NCc1ccc(C(F)(F)F)cc1. The van der Waals surface area contributed by atoms with Gasteiger partial charge in [0.25, 0.3) is 0 Å². The van der Waals surface area contributed by atoms with Gasteiger partial charge in [-0.2, -0.15) is 13.2 Å². The Bertz CT molecular complexity index is 399. The fourth-order valence-corrected chi connectivity index (χ4v) is 1.24. The number of benzene rings is 1. The Labute approximate surface area is 103 Å². The average Bonchev–Trinajstić information content (AvgIpc) is 2.25. The van der Waals surface area contributed by atoms with Crippen molar-refractivity contribution in [3.8, 4) is 0 Å². The summed E-state index contributed by atoms with van der Waals surface area (Å²) in [6.07, 6.45) is -5.18. The van der Waals surface area contributed by atoms with Gasteiger partial charge in [-0.1, -0.05) is 12.1 Å². The van der Waals surface area contributed by atoms with E-state index in [2.05, 4.69) is 5.32 Å². The van der Waals surface area contributed by atoms with Crippen LogP contribution in [0.15, 0.2) is 24.3 Å². The molecule has 3 nitrogen and oxygen atoms in total. The minimum atomic E-state index is -4.34. The molecule has 0 fully saturated rings. The minimum absolute atomic E-state index is 0.129. The standard InChI is InChI=1S/C12H14F3NO2/c1-8(2)18-11(17)16-7-9-3-5-10(6-4-9)12(13,14)15/h3-6,8H,7H2,1-2H3,(H,16,17). The first-order chi connectivity index (χ1) is 8.29. The van der Waals surface area contributed by atoms with Crippen molar-refractivity contribution in [3.63, 3.8) is 0 Å². The summed E-state index contributed by atoms with van der Waals surface area (Å²) in [5, 5.41) is 2.45. The van der Waals surface area contributed by atoms with Crippen molar-refractivity contribution < 1.29 is 22.7 Å². The van der Waals surface area contributed by atoms with Gasteiger partial charge in [0.1, 0.15) is 0 Å². The molecule has 0 aliphatic rings. The summed E-state index contributed by atoms with van der Waals surface area (Å²) < 4.78 is 41.7. The maximum atomic E-state index is 12.3. The van der Waals surface area contributed by atoms with E-state index in [1.807, 2.05) is 0 Å². The van der Waals surface area contributed by atoms with E-state index in [0.717, 1.165) is 12.1 Å². The van der Waals surface area contributed by atoms with Crippen LogP contribution < -0.4 is 5.32 Å². The largest absolute Gasteiger partial charge is 0.447 e. The number of nitrogens with one attached hydrogen (secondary N) is 1. The van der Waals surface area contributed by atoms with E-state index in [-0.39, 0.29) is 12.6 Å². The number of carbonyl (C=O) groups excluding carboxylic acids is 1. The molecule has 0 bridgehead atoms. The Morgan fingerprint density at radius 2 is 1.83 bits per heavy atom. The molecule has 0 saturated carbocycles. The lowest BCUT2D eigenvalue weighted by Gasteiger charge is -2.10. The van der Waals surface area contributed by atoms with Crippen LogP contribution in [0, 0.1) is 0 Å². The van der Waals surface area contributed by atoms with Crippen molar-refractivity contribution in [2.45, 2.75) is 32.7 Å². The highest BCUT2D eigenvalue weighted by Gasteiger charge is 2.29. The molecule has 0 spiro atoms. The zero-order valence-electron chi connectivity index (χ0n) is 10.0. The third-order valence-corrected chi connectivity index (χ3v) is 2.06. The van der Waals surface area contributed by atoms with Crippen LogP contribution in [0.2, 0.25) is 0 Å². The molecule has 0 aliphatic heterocycles. The second-order valence-corrected chi connectivity index (χ2v) is 4.00. The summed E-state index contributed by atoms with van der Waals surface area (Å²) in [4.78, 5) is 11.1. The first-order valence-corrected chi connectivity index (χ1v) is 5.39. The predicted molar refractivity (Wildman–Crippen MR) is 59.9 cm³/mol. The number of amides is 1. The Balaban J connectivity index is 2.52. The summed E-state index contributed by atoms with van der Waals surface area (Å²) in [7, 11) is 0. The van der Waals surface area contributed by atoms with Crippen LogP contribution in [0.4, 0.5) is 18.0 Å². The van der Waals surface area contributed by atoms with Crippen molar-refractivity contribution in [1.82, 2.24) is 5.32 Å². The van der Waals surface area contributed by atoms with Crippen LogP contribution in [-0.2, 0) is 17.5 Å². The first kappa shape index (κ1) is 14.3. The highest BCUT2D eigenvalue weighted by atomic mass is 19.4. The maximum absolute atomic E-state index is 12.3. The molecule has 0 unspecified atom stereocenters. The summed E-state index contributed by atoms with van der Waals surface area (Å²) >= 11 is 0. The van der Waals surface area contributed by atoms with E-state index in [0.29, 0.717) is 5.56 Å². The summed E-state index contributed by atoms with van der Waals surface area (Å²) in [5.74, 6) is 0. The lowest BCUT2D eigenvalue weighted by molar-refractivity contribution is -0.137. The van der Waals surface area contributed by atoms with E-state index >= 15 is 0 Å². The molecule has 100 valence electrons. The van der Waals surface area contributed by atoms with Gasteiger partial charge in [0.15, 0.2) is 0 Å². The lowest BCUT2D eigenvalue weighted by Crippen LogP contribution is -2.26. The fourth-order valence-electron chi connectivity index (χ4n) is 1.24. The van der Waals surface area contributed by atoms with Gasteiger partial charge >= 0.3 is 12.3 Å². The molecule has 0 radical (unpaired) electrons. The first-order valence-electron chi connectivity index (χ1n) is 5.39. The van der Waals surface area contributed by atoms with Crippen LogP contribution in [-0.4, -0.2) is 12.2 Å². The topological polar surface area (TPSA) is 38.3 Å². The number of carbonyl (C=O) groups is 1. The summed E-state index contributed by atoms with van der Waals surface area (Å²) in [6, 6.07) is 4.59. The van der Waals surface area contributed by atoms with Gasteiger partial charge in [0.05, 0.1) is 11.7 Å². The van der Waals surface area contributed by atoms with E-state index in [4.69, 9.17) is 4.74 Å². The number of ether oxygens (including phenoxy) is 1. The van der Waals surface area contributed by atoms with Gasteiger partial charge in [-0.3, -0.25) is 0 Å². The lowest BCUT2D eigenvalue weighted by atomic mass is 10.1. The average molecular weight is 261 g/mol. The third-order valence-electron chi connectivity index (χ3n) is 2.06. The molecule has 1 aromatic carbocycles. The van der Waals surface area contributed by atoms with E-state index < -0.39 is 17.8 Å². The molecule has 0 heterocycles. The summed E-state index contributed by atoms with van der Waals surface area (Å²) in [5.41, 5.74) is -0.139. The van der Waals surface area contributed by atoms with Gasteiger partial charge in [-0.25, -0.2) is 4.79 Å². The van der Waals surface area contributed by atoms with E-state index in [9.17, 15) is 18.0 Å². The van der Waals surface area contributed by atoms with Crippen molar-refractivity contribution in [1.29, 1.82) is 0 Å². The smallest absolute Gasteiger partial charge is 0.416 e. The number of alkyl halides is 3. The van der Waals surface area contributed by atoms with Gasteiger partial charge in [0.2, 0.25) is 0 Å². The monoisotopic (exact) mass is 261 g/mol. The van der Waals surface area contributed by atoms with Crippen molar-refractivity contribution in [2.24, 2.45) is 0 Å². The minimum Gasteiger partial charge on any atom is -0.447 e. The second kappa shape index (κ2) is 5.75. The van der Waals surface area contributed by atoms with Gasteiger partial charge < -0.3 is 10.1 Å². The molecular formula is C12H14F3NO2. The molecule has 1 N–H and O–H groups in total. The zero-order chi connectivity index (χ0) is 13.8. The highest BCUT2D eigenvalue weighted by molar-refractivity contribution is 5.67. The van der Waals surface area contributed by atoms with Crippen LogP contribution in [0.1, 0.15) is 25.0 Å². The van der Waals surface area contributed by atoms with E-state index in [1.54, 1.807) is 13.8 Å². The number of halogens is 3. The van der Waals surface area contributed by atoms with Crippen LogP contribution in [0.3, 0.4) is 0 Å². The predicted octanol–water partition coefficient (Wildman–Crippen LogP) is 3.34. The Kier molecular flexibility index (Phi) is 4.58. The molecule has 0 aliphatic carbocycles. The van der Waals surface area contributed by atoms with Gasteiger partial charge in [0, 0.05) is 6.54 Å². The molecule has 1 aromatic rings. The number of hydrogen-bond acceptors (Lipinski definition) is 2. The fraction of sp³-hybridized carbons (Fsp3) is 0.417. The van der Waals surface area contributed by atoms with Crippen molar-refractivity contribution >= 4 is 6.09 Å². The Morgan fingerprint density at radius 3 is 2.28 bits per heavy atom. The third kappa shape index (κ3) is 4.65. The molecule has 1 rings (SSSR count). The number of hydrogen-bond donors (Lipinski definition) is 1. The molecule has 1 amide bonds. The zero-order valence-corrected chi connectivity index (χ0v) is 10.0. The van der Waals surface area contributed by atoms with Crippen molar-refractivity contribution in [3.05, 3.63) is 35.4 Å².